The molecule has 0 radical (unpaired) electrons. The molecule has 1 heterocycles. The molecule has 0 spiro atoms. The van der Waals surface area contributed by atoms with E-state index >= 15 is 0 Å². The van der Waals surface area contributed by atoms with Crippen molar-refractivity contribution in [3.8, 4) is 0 Å². The third kappa shape index (κ3) is 2.04. The van der Waals surface area contributed by atoms with Crippen LogP contribution < -0.4 is 0 Å². The number of carboxylic acid groups (broad SMARTS) is 1. The van der Waals surface area contributed by atoms with E-state index in [4.69, 9.17) is 16.7 Å². The van der Waals surface area contributed by atoms with Gasteiger partial charge in [-0.05, 0) is 31.0 Å². The van der Waals surface area contributed by atoms with Gasteiger partial charge in [0.2, 0.25) is 0 Å². The Kier molecular flexibility index (Phi) is 2.88. The van der Waals surface area contributed by atoms with E-state index in [9.17, 15) is 4.79 Å². The Morgan fingerprint density at radius 3 is 2.94 bits per heavy atom. The molecule has 3 nitrogen and oxygen atoms in total. The minimum Gasteiger partial charge on any atom is -0.481 e. The number of hydrogen-bond donors (Lipinski definition) is 2. The largest absolute Gasteiger partial charge is 0.481 e. The molecule has 84 valence electrons. The highest BCUT2D eigenvalue weighted by Crippen LogP contribution is 2.25. The summed E-state index contributed by atoms with van der Waals surface area (Å²) in [7, 11) is 0. The molecular weight excluding hydrogens is 226 g/mol. The van der Waals surface area contributed by atoms with E-state index in [1.165, 1.54) is 0 Å². The summed E-state index contributed by atoms with van der Waals surface area (Å²) in [5, 5.41) is 10.4. The van der Waals surface area contributed by atoms with Crippen LogP contribution in [0.5, 0.6) is 0 Å². The molecule has 0 saturated heterocycles. The number of carboxylic acids is 1. The van der Waals surface area contributed by atoms with Crippen molar-refractivity contribution in [1.29, 1.82) is 0 Å². The number of carbonyl (C=O) groups is 1. The molecule has 0 aliphatic carbocycles. The van der Waals surface area contributed by atoms with Crippen molar-refractivity contribution < 1.29 is 9.90 Å². The van der Waals surface area contributed by atoms with E-state index in [-0.39, 0.29) is 6.42 Å². The number of aromatic nitrogens is 1. The maximum Gasteiger partial charge on any atom is 0.303 e. The van der Waals surface area contributed by atoms with Crippen molar-refractivity contribution in [2.24, 2.45) is 0 Å². The predicted octanol–water partition coefficient (Wildman–Crippen LogP) is 3.15. The van der Waals surface area contributed by atoms with Crippen molar-refractivity contribution >= 4 is 28.5 Å². The second-order valence-corrected chi connectivity index (χ2v) is 4.25. The summed E-state index contributed by atoms with van der Waals surface area (Å²) >= 11 is 5.89. The normalized spacial score (nSPS) is 10.9. The maximum absolute atomic E-state index is 10.6. The van der Waals surface area contributed by atoms with Gasteiger partial charge in [0.15, 0.2) is 0 Å². The van der Waals surface area contributed by atoms with E-state index in [0.717, 1.165) is 22.2 Å². The van der Waals surface area contributed by atoms with Gasteiger partial charge in [0.1, 0.15) is 0 Å². The van der Waals surface area contributed by atoms with Gasteiger partial charge in [-0.3, -0.25) is 4.79 Å². The standard InChI is InChI=1S/C12H12ClNO2/c1-7-9(4-5-12(15)16)10-3-2-8(13)6-11(10)14-7/h2-3,6,14H,4-5H2,1H3,(H,15,16). The number of aromatic amines is 1. The molecule has 1 aromatic carbocycles. The molecule has 0 fully saturated rings. The van der Waals surface area contributed by atoms with Crippen LogP contribution in [0, 0.1) is 6.92 Å². The Balaban J connectivity index is 2.43. The maximum atomic E-state index is 10.6. The Morgan fingerprint density at radius 2 is 2.25 bits per heavy atom. The summed E-state index contributed by atoms with van der Waals surface area (Å²) in [4.78, 5) is 13.8. The minimum absolute atomic E-state index is 0.149. The van der Waals surface area contributed by atoms with E-state index in [1.807, 2.05) is 25.1 Å². The monoisotopic (exact) mass is 237 g/mol. The zero-order valence-corrected chi connectivity index (χ0v) is 9.64. The summed E-state index contributed by atoms with van der Waals surface area (Å²) in [5.41, 5.74) is 3.04. The van der Waals surface area contributed by atoms with Crippen LogP contribution in [0.1, 0.15) is 17.7 Å². The average molecular weight is 238 g/mol. The highest BCUT2D eigenvalue weighted by Gasteiger charge is 2.09. The SMILES string of the molecule is Cc1[nH]c2cc(Cl)ccc2c1CCC(=O)O. The lowest BCUT2D eigenvalue weighted by Gasteiger charge is -1.98. The molecule has 2 N–H and O–H groups in total. The van der Waals surface area contributed by atoms with E-state index in [2.05, 4.69) is 4.98 Å². The summed E-state index contributed by atoms with van der Waals surface area (Å²) < 4.78 is 0. The van der Waals surface area contributed by atoms with Crippen LogP contribution in [-0.2, 0) is 11.2 Å². The third-order valence-corrected chi connectivity index (χ3v) is 2.91. The van der Waals surface area contributed by atoms with Gasteiger partial charge in [-0.2, -0.15) is 0 Å². The van der Waals surface area contributed by atoms with Gasteiger partial charge in [0.25, 0.3) is 0 Å². The van der Waals surface area contributed by atoms with Gasteiger partial charge in [0, 0.05) is 28.0 Å². The first-order valence-electron chi connectivity index (χ1n) is 5.06. The first-order valence-corrected chi connectivity index (χ1v) is 5.44. The molecule has 0 bridgehead atoms. The number of benzene rings is 1. The minimum atomic E-state index is -0.775. The van der Waals surface area contributed by atoms with E-state index in [1.54, 1.807) is 0 Å². The van der Waals surface area contributed by atoms with Gasteiger partial charge in [-0.1, -0.05) is 17.7 Å². The Bertz CT molecular complexity index is 545. The van der Waals surface area contributed by atoms with Crippen molar-refractivity contribution in [3.05, 3.63) is 34.5 Å². The number of H-pyrrole nitrogens is 1. The molecule has 0 atom stereocenters. The predicted molar refractivity (Wildman–Crippen MR) is 64.0 cm³/mol. The van der Waals surface area contributed by atoms with Crippen LogP contribution in [0.2, 0.25) is 5.02 Å². The summed E-state index contributed by atoms with van der Waals surface area (Å²) in [6.45, 7) is 1.95. The molecule has 4 heteroatoms. The van der Waals surface area contributed by atoms with Crippen molar-refractivity contribution in [2.75, 3.05) is 0 Å². The summed E-state index contributed by atoms with van der Waals surface area (Å²) in [6.07, 6.45) is 0.694. The molecule has 1 aromatic heterocycles. The van der Waals surface area contributed by atoms with Crippen molar-refractivity contribution in [3.63, 3.8) is 0 Å². The van der Waals surface area contributed by atoms with Crippen molar-refractivity contribution in [1.82, 2.24) is 4.98 Å². The number of rotatable bonds is 3. The summed E-state index contributed by atoms with van der Waals surface area (Å²) in [5.74, 6) is -0.775. The van der Waals surface area contributed by atoms with E-state index in [0.29, 0.717) is 11.4 Å². The fourth-order valence-electron chi connectivity index (χ4n) is 1.92. The first-order chi connectivity index (χ1) is 7.58. The summed E-state index contributed by atoms with van der Waals surface area (Å²) in [6, 6.07) is 5.61. The molecule has 2 rings (SSSR count). The number of aliphatic carboxylic acids is 1. The quantitative estimate of drug-likeness (QED) is 0.862. The molecule has 16 heavy (non-hydrogen) atoms. The number of fused-ring (bicyclic) bond motifs is 1. The third-order valence-electron chi connectivity index (χ3n) is 2.67. The number of aryl methyl sites for hydroxylation is 2. The molecule has 0 unspecified atom stereocenters. The highest BCUT2D eigenvalue weighted by atomic mass is 35.5. The van der Waals surface area contributed by atoms with Gasteiger partial charge in [0.05, 0.1) is 0 Å². The Morgan fingerprint density at radius 1 is 1.50 bits per heavy atom. The lowest BCUT2D eigenvalue weighted by atomic mass is 10.1. The zero-order chi connectivity index (χ0) is 11.7. The van der Waals surface area contributed by atoms with Crippen LogP contribution in [0.25, 0.3) is 10.9 Å². The first kappa shape index (κ1) is 11.0. The van der Waals surface area contributed by atoms with Crippen LogP contribution in [0.4, 0.5) is 0 Å². The van der Waals surface area contributed by atoms with Crippen molar-refractivity contribution in [2.45, 2.75) is 19.8 Å². The molecule has 0 aliphatic heterocycles. The molecule has 0 saturated carbocycles. The smallest absolute Gasteiger partial charge is 0.303 e. The Labute approximate surface area is 98.0 Å². The zero-order valence-electron chi connectivity index (χ0n) is 8.88. The Hall–Kier alpha value is -1.48. The van der Waals surface area contributed by atoms with Gasteiger partial charge >= 0.3 is 5.97 Å². The lowest BCUT2D eigenvalue weighted by Crippen LogP contribution is -1.97. The topological polar surface area (TPSA) is 53.1 Å². The molecule has 2 aromatic rings. The van der Waals surface area contributed by atoms with Crippen LogP contribution >= 0.6 is 11.6 Å². The van der Waals surface area contributed by atoms with Crippen LogP contribution in [-0.4, -0.2) is 16.1 Å². The van der Waals surface area contributed by atoms with Gasteiger partial charge in [-0.25, -0.2) is 0 Å². The molecular formula is C12H12ClNO2. The molecule has 0 aliphatic rings. The lowest BCUT2D eigenvalue weighted by molar-refractivity contribution is -0.136. The number of nitrogens with one attached hydrogen (secondary N) is 1. The van der Waals surface area contributed by atoms with Gasteiger partial charge < -0.3 is 10.1 Å². The number of hydrogen-bond acceptors (Lipinski definition) is 1. The van der Waals surface area contributed by atoms with Crippen LogP contribution in [0.15, 0.2) is 18.2 Å². The fraction of sp³-hybridized carbons (Fsp3) is 0.250. The number of halogens is 1. The van der Waals surface area contributed by atoms with Crippen LogP contribution in [0.3, 0.4) is 0 Å². The fourth-order valence-corrected chi connectivity index (χ4v) is 2.09. The van der Waals surface area contributed by atoms with Gasteiger partial charge in [-0.15, -0.1) is 0 Å². The highest BCUT2D eigenvalue weighted by molar-refractivity contribution is 6.31. The van der Waals surface area contributed by atoms with E-state index < -0.39 is 5.97 Å². The average Bonchev–Trinajstić information content (AvgIpc) is 2.50. The molecule has 0 amide bonds. The second kappa shape index (κ2) is 4.18. The second-order valence-electron chi connectivity index (χ2n) is 3.81.